The first kappa shape index (κ1) is 21.8. The number of esters is 1. The first-order valence-electron chi connectivity index (χ1n) is 11.1. The van der Waals surface area contributed by atoms with E-state index < -0.39 is 5.92 Å². The van der Waals surface area contributed by atoms with Gasteiger partial charge in [0.05, 0.1) is 12.0 Å². The molecule has 164 valence electrons. The highest BCUT2D eigenvalue weighted by atomic mass is 16.5. The average molecular weight is 428 g/mol. The van der Waals surface area contributed by atoms with E-state index >= 15 is 0 Å². The lowest BCUT2D eigenvalue weighted by molar-refractivity contribution is -0.139. The molecule has 0 spiro atoms. The highest BCUT2D eigenvalue weighted by molar-refractivity contribution is 5.88. The SMILES string of the molecule is C[C@@H](c1ccccc1)N1C[C@@H](C(=O)Oc2ccc(C(C)(C)c3ccccc3)cc2)CC1=O. The van der Waals surface area contributed by atoms with Crippen molar-refractivity contribution >= 4 is 11.9 Å². The highest BCUT2D eigenvalue weighted by Gasteiger charge is 2.38. The Hall–Kier alpha value is -3.40. The number of carbonyl (C=O) groups excluding carboxylic acids is 2. The van der Waals surface area contributed by atoms with Crippen LogP contribution in [-0.4, -0.2) is 23.3 Å². The predicted octanol–water partition coefficient (Wildman–Crippen LogP) is 5.53. The summed E-state index contributed by atoms with van der Waals surface area (Å²) in [6.45, 7) is 6.73. The fourth-order valence-electron chi connectivity index (χ4n) is 4.34. The summed E-state index contributed by atoms with van der Waals surface area (Å²) in [6.07, 6.45) is 0.190. The Balaban J connectivity index is 1.41. The summed E-state index contributed by atoms with van der Waals surface area (Å²) in [5.41, 5.74) is 3.27. The number of hydrogen-bond acceptors (Lipinski definition) is 3. The molecule has 3 aromatic carbocycles. The van der Waals surface area contributed by atoms with Gasteiger partial charge in [-0.2, -0.15) is 0 Å². The quantitative estimate of drug-likeness (QED) is 0.384. The monoisotopic (exact) mass is 427 g/mol. The number of amides is 1. The first-order chi connectivity index (χ1) is 15.4. The standard InChI is InChI=1S/C28H29NO3/c1-20(21-10-6-4-7-11-21)29-19-22(18-26(29)30)27(31)32-25-16-14-24(15-17-25)28(2,3)23-12-8-5-9-13-23/h4-17,20,22H,18-19H2,1-3H3/t20-,22-/m0/s1. The minimum atomic E-state index is -0.450. The van der Waals surface area contributed by atoms with Gasteiger partial charge in [0.1, 0.15) is 5.75 Å². The van der Waals surface area contributed by atoms with Crippen LogP contribution in [0.3, 0.4) is 0 Å². The fraction of sp³-hybridized carbons (Fsp3) is 0.286. The van der Waals surface area contributed by atoms with Crippen LogP contribution >= 0.6 is 0 Å². The summed E-state index contributed by atoms with van der Waals surface area (Å²) in [7, 11) is 0. The van der Waals surface area contributed by atoms with Crippen LogP contribution in [-0.2, 0) is 15.0 Å². The maximum Gasteiger partial charge on any atom is 0.316 e. The molecule has 1 fully saturated rings. The van der Waals surface area contributed by atoms with Gasteiger partial charge in [-0.05, 0) is 35.7 Å². The molecule has 1 amide bonds. The Morgan fingerprint density at radius 1 is 0.906 bits per heavy atom. The van der Waals surface area contributed by atoms with Crippen molar-refractivity contribution in [3.05, 3.63) is 102 Å². The molecule has 0 radical (unpaired) electrons. The van der Waals surface area contributed by atoms with Gasteiger partial charge in [0.2, 0.25) is 5.91 Å². The molecular formula is C28H29NO3. The van der Waals surface area contributed by atoms with E-state index in [9.17, 15) is 9.59 Å². The van der Waals surface area contributed by atoms with Crippen molar-refractivity contribution in [3.8, 4) is 5.75 Å². The Kier molecular flexibility index (Phi) is 6.13. The van der Waals surface area contributed by atoms with Gasteiger partial charge >= 0.3 is 5.97 Å². The molecular weight excluding hydrogens is 398 g/mol. The maximum absolute atomic E-state index is 12.8. The van der Waals surface area contributed by atoms with Crippen molar-refractivity contribution < 1.29 is 14.3 Å². The van der Waals surface area contributed by atoms with Crippen molar-refractivity contribution in [3.63, 3.8) is 0 Å². The molecule has 3 aromatic rings. The summed E-state index contributed by atoms with van der Waals surface area (Å²) in [5.74, 6) is -0.307. The van der Waals surface area contributed by atoms with E-state index in [0.717, 1.165) is 11.1 Å². The second-order valence-electron chi connectivity index (χ2n) is 8.97. The van der Waals surface area contributed by atoms with E-state index in [1.54, 1.807) is 4.90 Å². The zero-order chi connectivity index (χ0) is 22.7. The molecule has 0 unspecified atom stereocenters. The van der Waals surface area contributed by atoms with Crippen molar-refractivity contribution in [1.29, 1.82) is 0 Å². The van der Waals surface area contributed by atoms with E-state index in [1.807, 2.05) is 79.7 Å². The van der Waals surface area contributed by atoms with Gasteiger partial charge < -0.3 is 9.64 Å². The molecule has 1 aliphatic rings. The van der Waals surface area contributed by atoms with Gasteiger partial charge in [0.25, 0.3) is 0 Å². The number of nitrogens with zero attached hydrogens (tertiary/aromatic N) is 1. The lowest BCUT2D eigenvalue weighted by atomic mass is 9.78. The molecule has 0 saturated carbocycles. The van der Waals surface area contributed by atoms with E-state index in [4.69, 9.17) is 4.74 Å². The fourth-order valence-corrected chi connectivity index (χ4v) is 4.34. The predicted molar refractivity (Wildman–Crippen MR) is 125 cm³/mol. The van der Waals surface area contributed by atoms with Crippen molar-refractivity contribution in [2.75, 3.05) is 6.54 Å². The lowest BCUT2D eigenvalue weighted by Crippen LogP contribution is -2.30. The molecule has 4 rings (SSSR count). The van der Waals surface area contributed by atoms with Crippen LogP contribution in [0.15, 0.2) is 84.9 Å². The van der Waals surface area contributed by atoms with Crippen LogP contribution in [0.5, 0.6) is 5.75 Å². The second kappa shape index (κ2) is 8.99. The molecule has 32 heavy (non-hydrogen) atoms. The van der Waals surface area contributed by atoms with E-state index in [0.29, 0.717) is 12.3 Å². The minimum absolute atomic E-state index is 0.0109. The first-order valence-corrected chi connectivity index (χ1v) is 11.1. The lowest BCUT2D eigenvalue weighted by Gasteiger charge is -2.26. The number of carbonyl (C=O) groups is 2. The smallest absolute Gasteiger partial charge is 0.316 e. The normalized spacial score (nSPS) is 17.3. The Morgan fingerprint density at radius 2 is 1.47 bits per heavy atom. The third-order valence-electron chi connectivity index (χ3n) is 6.53. The molecule has 4 heteroatoms. The molecule has 0 bridgehead atoms. The van der Waals surface area contributed by atoms with Gasteiger partial charge in [-0.3, -0.25) is 9.59 Å². The zero-order valence-corrected chi connectivity index (χ0v) is 18.8. The van der Waals surface area contributed by atoms with Gasteiger partial charge in [-0.1, -0.05) is 86.6 Å². The largest absolute Gasteiger partial charge is 0.426 e. The highest BCUT2D eigenvalue weighted by Crippen LogP contribution is 2.33. The molecule has 2 atom stereocenters. The third kappa shape index (κ3) is 4.45. The number of rotatable bonds is 6. The van der Waals surface area contributed by atoms with Crippen molar-refractivity contribution in [2.24, 2.45) is 5.92 Å². The second-order valence-corrected chi connectivity index (χ2v) is 8.97. The van der Waals surface area contributed by atoms with Crippen LogP contribution in [0.1, 0.15) is 49.9 Å². The number of hydrogen-bond donors (Lipinski definition) is 0. The molecule has 4 nitrogen and oxygen atoms in total. The minimum Gasteiger partial charge on any atom is -0.426 e. The Labute approximate surface area is 189 Å². The summed E-state index contributed by atoms with van der Waals surface area (Å²) >= 11 is 0. The van der Waals surface area contributed by atoms with Crippen LogP contribution < -0.4 is 4.74 Å². The molecule has 1 heterocycles. The van der Waals surface area contributed by atoms with Gasteiger partial charge in [0, 0.05) is 18.4 Å². The zero-order valence-electron chi connectivity index (χ0n) is 18.8. The Morgan fingerprint density at radius 3 is 2.09 bits per heavy atom. The Bertz CT molecular complexity index is 1070. The molecule has 0 aliphatic carbocycles. The number of likely N-dealkylation sites (tertiary alicyclic amines) is 1. The van der Waals surface area contributed by atoms with E-state index in [2.05, 4.69) is 26.0 Å². The summed E-state index contributed by atoms with van der Waals surface area (Å²) in [5, 5.41) is 0. The summed E-state index contributed by atoms with van der Waals surface area (Å²) in [6, 6.07) is 27.8. The molecule has 1 aliphatic heterocycles. The number of ether oxygens (including phenoxy) is 1. The summed E-state index contributed by atoms with van der Waals surface area (Å²) in [4.78, 5) is 27.1. The van der Waals surface area contributed by atoms with E-state index in [-0.39, 0.29) is 29.8 Å². The third-order valence-corrected chi connectivity index (χ3v) is 6.53. The van der Waals surface area contributed by atoms with Crippen LogP contribution in [0.25, 0.3) is 0 Å². The molecule has 1 saturated heterocycles. The van der Waals surface area contributed by atoms with Gasteiger partial charge in [-0.15, -0.1) is 0 Å². The van der Waals surface area contributed by atoms with Crippen LogP contribution in [0.4, 0.5) is 0 Å². The maximum atomic E-state index is 12.8. The van der Waals surface area contributed by atoms with Crippen LogP contribution in [0, 0.1) is 5.92 Å². The summed E-state index contributed by atoms with van der Waals surface area (Å²) < 4.78 is 5.64. The van der Waals surface area contributed by atoms with E-state index in [1.165, 1.54) is 5.56 Å². The van der Waals surface area contributed by atoms with Crippen molar-refractivity contribution in [2.45, 2.75) is 38.6 Å². The average Bonchev–Trinajstić information content (AvgIpc) is 3.22. The topological polar surface area (TPSA) is 46.6 Å². The van der Waals surface area contributed by atoms with Gasteiger partial charge in [0.15, 0.2) is 0 Å². The van der Waals surface area contributed by atoms with Crippen molar-refractivity contribution in [1.82, 2.24) is 4.90 Å². The number of benzene rings is 3. The molecule has 0 aromatic heterocycles. The van der Waals surface area contributed by atoms with Crippen LogP contribution in [0.2, 0.25) is 0 Å². The van der Waals surface area contributed by atoms with Gasteiger partial charge in [-0.25, -0.2) is 0 Å². The molecule has 0 N–H and O–H groups in total.